The van der Waals surface area contributed by atoms with Crippen molar-refractivity contribution in [3.63, 3.8) is 0 Å². The van der Waals surface area contributed by atoms with E-state index in [1.807, 2.05) is 59.5 Å². The van der Waals surface area contributed by atoms with Gasteiger partial charge in [-0.25, -0.2) is 0 Å². The van der Waals surface area contributed by atoms with Crippen LogP contribution in [0.5, 0.6) is 11.5 Å². The number of nitrogens with one attached hydrogen (secondary N) is 1. The number of carbonyl (C=O) groups is 1. The number of rotatable bonds is 5. The number of benzene rings is 3. The number of anilines is 1. The molecule has 0 spiro atoms. The molecular formula is C29H34N2O3. The second-order valence-corrected chi connectivity index (χ2v) is 9.22. The highest BCUT2D eigenvalue weighted by Gasteiger charge is 2.28. The third-order valence-electron chi connectivity index (χ3n) is 6.27. The molecule has 1 amide bonds. The number of methoxy groups -OCH3 is 1. The molecule has 178 valence electrons. The molecule has 34 heavy (non-hydrogen) atoms. The lowest BCUT2D eigenvalue weighted by molar-refractivity contribution is -0.134. The number of ether oxygens (including phenoxy) is 2. The number of hydrogen-bond donors (Lipinski definition) is 1. The Labute approximate surface area is 202 Å². The first kappa shape index (κ1) is 23.7. The zero-order valence-electron chi connectivity index (χ0n) is 20.3. The zero-order chi connectivity index (χ0) is 23.9. The summed E-state index contributed by atoms with van der Waals surface area (Å²) in [5.41, 5.74) is 4.14. The Bertz CT molecular complexity index is 1110. The van der Waals surface area contributed by atoms with Crippen molar-refractivity contribution in [1.82, 2.24) is 4.90 Å². The molecule has 0 unspecified atom stereocenters. The van der Waals surface area contributed by atoms with Crippen LogP contribution in [0.4, 0.5) is 5.69 Å². The van der Waals surface area contributed by atoms with E-state index in [9.17, 15) is 4.79 Å². The minimum absolute atomic E-state index is 0.0542. The molecule has 1 aliphatic rings. The summed E-state index contributed by atoms with van der Waals surface area (Å²) in [5, 5.41) is 3.56. The molecule has 0 aromatic heterocycles. The molecule has 0 bridgehead atoms. The quantitative estimate of drug-likeness (QED) is 0.534. The highest BCUT2D eigenvalue weighted by atomic mass is 16.5. The van der Waals surface area contributed by atoms with E-state index in [-0.39, 0.29) is 18.4 Å². The van der Waals surface area contributed by atoms with Crippen molar-refractivity contribution in [2.45, 2.75) is 45.8 Å². The number of para-hydroxylation sites is 3. The third kappa shape index (κ3) is 5.71. The molecular weight excluding hydrogens is 424 g/mol. The van der Waals surface area contributed by atoms with E-state index in [0.717, 1.165) is 40.3 Å². The number of hydrogen-bond acceptors (Lipinski definition) is 4. The third-order valence-corrected chi connectivity index (χ3v) is 6.27. The topological polar surface area (TPSA) is 50.8 Å². The van der Waals surface area contributed by atoms with E-state index >= 15 is 0 Å². The molecule has 1 heterocycles. The number of nitrogens with zero attached hydrogens (tertiary/aromatic N) is 1. The highest BCUT2D eigenvalue weighted by molar-refractivity contribution is 5.80. The Morgan fingerprint density at radius 2 is 1.74 bits per heavy atom. The van der Waals surface area contributed by atoms with E-state index < -0.39 is 0 Å². The van der Waals surface area contributed by atoms with Gasteiger partial charge in [-0.2, -0.15) is 0 Å². The smallest absolute Gasteiger partial charge is 0.227 e. The largest absolute Gasteiger partial charge is 0.496 e. The van der Waals surface area contributed by atoms with Crippen molar-refractivity contribution in [3.05, 3.63) is 89.5 Å². The van der Waals surface area contributed by atoms with Gasteiger partial charge in [-0.1, -0.05) is 68.4 Å². The van der Waals surface area contributed by atoms with Crippen LogP contribution in [0, 0.1) is 5.92 Å². The van der Waals surface area contributed by atoms with E-state index in [1.54, 1.807) is 7.11 Å². The maximum atomic E-state index is 13.8. The molecule has 5 nitrogen and oxygen atoms in total. The summed E-state index contributed by atoms with van der Waals surface area (Å²) in [4.78, 5) is 15.8. The van der Waals surface area contributed by atoms with Crippen LogP contribution >= 0.6 is 0 Å². The summed E-state index contributed by atoms with van der Waals surface area (Å²) >= 11 is 0. The van der Waals surface area contributed by atoms with Gasteiger partial charge in [0.2, 0.25) is 5.91 Å². The first-order chi connectivity index (χ1) is 16.5. The zero-order valence-corrected chi connectivity index (χ0v) is 20.3. The summed E-state index contributed by atoms with van der Waals surface area (Å²) in [6, 6.07) is 24.0. The molecule has 0 fully saturated rings. The lowest BCUT2D eigenvalue weighted by Crippen LogP contribution is -2.44. The van der Waals surface area contributed by atoms with Crippen molar-refractivity contribution in [1.29, 1.82) is 0 Å². The van der Waals surface area contributed by atoms with Crippen molar-refractivity contribution in [2.75, 3.05) is 19.0 Å². The fraction of sp³-hybridized carbons (Fsp3) is 0.345. The van der Waals surface area contributed by atoms with Crippen LogP contribution < -0.4 is 14.8 Å². The molecule has 0 saturated carbocycles. The molecule has 0 aliphatic carbocycles. The van der Waals surface area contributed by atoms with Gasteiger partial charge in [-0.15, -0.1) is 0 Å². The average Bonchev–Trinajstić information content (AvgIpc) is 2.87. The molecule has 4 rings (SSSR count). The van der Waals surface area contributed by atoms with Gasteiger partial charge in [0.05, 0.1) is 19.6 Å². The molecule has 0 radical (unpaired) electrons. The number of fused-ring (bicyclic) bond motifs is 2. The first-order valence-corrected chi connectivity index (χ1v) is 12.0. The fourth-order valence-corrected chi connectivity index (χ4v) is 4.55. The van der Waals surface area contributed by atoms with Gasteiger partial charge in [0, 0.05) is 29.9 Å². The first-order valence-electron chi connectivity index (χ1n) is 12.0. The van der Waals surface area contributed by atoms with Crippen molar-refractivity contribution >= 4 is 11.6 Å². The molecule has 1 N–H and O–H groups in total. The van der Waals surface area contributed by atoms with Crippen molar-refractivity contribution in [3.8, 4) is 11.5 Å². The lowest BCUT2D eigenvalue weighted by atomic mass is 10.0. The minimum atomic E-state index is -0.0542. The van der Waals surface area contributed by atoms with E-state index in [0.29, 0.717) is 25.6 Å². The molecule has 5 heteroatoms. The van der Waals surface area contributed by atoms with Gasteiger partial charge >= 0.3 is 0 Å². The van der Waals surface area contributed by atoms with Crippen molar-refractivity contribution < 1.29 is 14.3 Å². The van der Waals surface area contributed by atoms with Crippen LogP contribution in [-0.2, 0) is 24.3 Å². The van der Waals surface area contributed by atoms with E-state index in [2.05, 4.69) is 37.4 Å². The standard InChI is InChI=1S/C29H34N2O3/c1-21(2)16-25-20-34-28-15-9-6-11-23(28)18-30-26-13-7-4-12-24(26)19-31(25)29(32)17-22-10-5-8-14-27(22)33-3/h4-15,21,25,30H,16-20H2,1-3H3/t25-/m0/s1. The average molecular weight is 459 g/mol. The maximum Gasteiger partial charge on any atom is 0.227 e. The Balaban J connectivity index is 1.72. The van der Waals surface area contributed by atoms with Crippen LogP contribution in [0.1, 0.15) is 37.0 Å². The van der Waals surface area contributed by atoms with Crippen molar-refractivity contribution in [2.24, 2.45) is 5.92 Å². The summed E-state index contributed by atoms with van der Waals surface area (Å²) in [6.45, 7) is 6.02. The Hall–Kier alpha value is -3.47. The van der Waals surface area contributed by atoms with Gasteiger partial charge in [0.15, 0.2) is 0 Å². The summed E-state index contributed by atoms with van der Waals surface area (Å²) in [6.07, 6.45) is 1.14. The second kappa shape index (κ2) is 11.1. The van der Waals surface area contributed by atoms with Gasteiger partial charge in [-0.3, -0.25) is 4.79 Å². The Morgan fingerprint density at radius 1 is 1.03 bits per heavy atom. The van der Waals surface area contributed by atoms with Crippen LogP contribution in [-0.4, -0.2) is 30.6 Å². The molecule has 1 atom stereocenters. The monoisotopic (exact) mass is 458 g/mol. The Kier molecular flexibility index (Phi) is 7.73. The van der Waals surface area contributed by atoms with Crippen LogP contribution in [0.3, 0.4) is 0 Å². The predicted molar refractivity (Wildman–Crippen MR) is 136 cm³/mol. The molecule has 0 saturated heterocycles. The SMILES string of the molecule is COc1ccccc1CC(=O)N1Cc2ccccc2NCc2ccccc2OC[C@@H]1CC(C)C. The maximum absolute atomic E-state index is 13.8. The summed E-state index contributed by atoms with van der Waals surface area (Å²) in [5.74, 6) is 2.09. The molecule has 3 aromatic carbocycles. The highest BCUT2D eigenvalue weighted by Crippen LogP contribution is 2.28. The van der Waals surface area contributed by atoms with Gasteiger partial charge in [0.1, 0.15) is 18.1 Å². The number of amides is 1. The van der Waals surface area contributed by atoms with Gasteiger partial charge < -0.3 is 19.7 Å². The van der Waals surface area contributed by atoms with E-state index in [4.69, 9.17) is 9.47 Å². The second-order valence-electron chi connectivity index (χ2n) is 9.22. The summed E-state index contributed by atoms with van der Waals surface area (Å²) < 4.78 is 11.9. The van der Waals surface area contributed by atoms with Crippen LogP contribution in [0.2, 0.25) is 0 Å². The Morgan fingerprint density at radius 3 is 2.53 bits per heavy atom. The van der Waals surface area contributed by atoms with Gasteiger partial charge in [-0.05, 0) is 36.1 Å². The predicted octanol–water partition coefficient (Wildman–Crippen LogP) is 5.69. The molecule has 1 aliphatic heterocycles. The minimum Gasteiger partial charge on any atom is -0.496 e. The number of carbonyl (C=O) groups excluding carboxylic acids is 1. The summed E-state index contributed by atoms with van der Waals surface area (Å²) in [7, 11) is 1.64. The van der Waals surface area contributed by atoms with Crippen LogP contribution in [0.25, 0.3) is 0 Å². The van der Waals surface area contributed by atoms with E-state index in [1.165, 1.54) is 0 Å². The molecule has 3 aromatic rings. The van der Waals surface area contributed by atoms with Gasteiger partial charge in [0.25, 0.3) is 0 Å². The lowest BCUT2D eigenvalue weighted by Gasteiger charge is -2.33. The normalized spacial score (nSPS) is 15.9. The van der Waals surface area contributed by atoms with Crippen LogP contribution in [0.15, 0.2) is 72.8 Å². The fourth-order valence-electron chi connectivity index (χ4n) is 4.55.